The second kappa shape index (κ2) is 4.03. The number of sulfone groups is 1. The molecule has 2 aliphatic rings. The number of nitrogens with zero attached hydrogens (tertiary/aromatic N) is 1. The average Bonchev–Trinajstić information content (AvgIpc) is 2.82. The van der Waals surface area contributed by atoms with Gasteiger partial charge >= 0.3 is 0 Å². The van der Waals surface area contributed by atoms with E-state index < -0.39 is 9.84 Å². The highest BCUT2D eigenvalue weighted by molar-refractivity contribution is 7.91. The smallest absolute Gasteiger partial charge is 0.151 e. The van der Waals surface area contributed by atoms with E-state index in [2.05, 4.69) is 4.98 Å². The van der Waals surface area contributed by atoms with Gasteiger partial charge in [0, 0.05) is 16.8 Å². The van der Waals surface area contributed by atoms with E-state index in [1.807, 2.05) is 0 Å². The minimum atomic E-state index is -2.82. The van der Waals surface area contributed by atoms with E-state index in [9.17, 15) is 8.42 Å². The molecule has 2 N–H and O–H groups in total. The zero-order chi connectivity index (χ0) is 12.0. The Hall–Kier alpha value is -0.460. The third kappa shape index (κ3) is 2.13. The highest BCUT2D eigenvalue weighted by atomic mass is 32.2. The number of hydrogen-bond donors (Lipinski definition) is 1. The van der Waals surface area contributed by atoms with Crippen LogP contribution in [0.25, 0.3) is 0 Å². The molecule has 0 saturated carbocycles. The molecule has 0 bridgehead atoms. The highest BCUT2D eigenvalue weighted by Crippen LogP contribution is 2.38. The molecule has 3 rings (SSSR count). The molecular weight excluding hydrogens is 256 g/mol. The van der Waals surface area contributed by atoms with Crippen LogP contribution in [0.15, 0.2) is 0 Å². The van der Waals surface area contributed by atoms with Gasteiger partial charge in [0.2, 0.25) is 0 Å². The molecule has 2 atom stereocenters. The summed E-state index contributed by atoms with van der Waals surface area (Å²) in [5.74, 6) is 0.700. The van der Waals surface area contributed by atoms with E-state index in [1.54, 1.807) is 11.3 Å². The van der Waals surface area contributed by atoms with Gasteiger partial charge in [-0.1, -0.05) is 0 Å². The van der Waals surface area contributed by atoms with Gasteiger partial charge in [0.15, 0.2) is 9.84 Å². The van der Waals surface area contributed by atoms with Crippen molar-refractivity contribution in [3.63, 3.8) is 0 Å². The predicted molar refractivity (Wildman–Crippen MR) is 68.0 cm³/mol. The first kappa shape index (κ1) is 11.6. The quantitative estimate of drug-likeness (QED) is 0.838. The third-order valence-corrected chi connectivity index (χ3v) is 6.75. The van der Waals surface area contributed by atoms with Crippen LogP contribution in [0, 0.1) is 0 Å². The summed E-state index contributed by atoms with van der Waals surface area (Å²) >= 11 is 1.64. The van der Waals surface area contributed by atoms with E-state index in [1.165, 1.54) is 4.88 Å². The zero-order valence-corrected chi connectivity index (χ0v) is 11.2. The van der Waals surface area contributed by atoms with Gasteiger partial charge in [0.1, 0.15) is 0 Å². The summed E-state index contributed by atoms with van der Waals surface area (Å²) in [5.41, 5.74) is 7.18. The number of rotatable bonds is 1. The van der Waals surface area contributed by atoms with Gasteiger partial charge in [0.05, 0.1) is 22.2 Å². The Balaban J connectivity index is 1.90. The molecule has 0 spiro atoms. The molecule has 0 amide bonds. The molecule has 1 saturated heterocycles. The number of thiazole rings is 1. The van der Waals surface area contributed by atoms with Crippen LogP contribution in [-0.4, -0.2) is 24.9 Å². The molecule has 1 aromatic rings. The van der Waals surface area contributed by atoms with Crippen molar-refractivity contribution in [3.8, 4) is 0 Å². The van der Waals surface area contributed by atoms with Gasteiger partial charge in [-0.05, 0) is 25.7 Å². The minimum absolute atomic E-state index is 0.114. The summed E-state index contributed by atoms with van der Waals surface area (Å²) < 4.78 is 22.9. The van der Waals surface area contributed by atoms with Gasteiger partial charge in [-0.3, -0.25) is 0 Å². The predicted octanol–water partition coefficient (Wildman–Crippen LogP) is 1.38. The molecule has 1 aromatic heterocycles. The van der Waals surface area contributed by atoms with Crippen molar-refractivity contribution in [1.82, 2.24) is 4.98 Å². The minimum Gasteiger partial charge on any atom is -0.323 e. The van der Waals surface area contributed by atoms with E-state index in [4.69, 9.17) is 5.73 Å². The Morgan fingerprint density at radius 1 is 1.35 bits per heavy atom. The Morgan fingerprint density at radius 2 is 2.18 bits per heavy atom. The molecule has 17 heavy (non-hydrogen) atoms. The molecule has 4 nitrogen and oxygen atoms in total. The third-order valence-electron chi connectivity index (χ3n) is 3.59. The van der Waals surface area contributed by atoms with E-state index in [0.717, 1.165) is 36.4 Å². The second-order valence-corrected chi connectivity index (χ2v) is 8.25. The van der Waals surface area contributed by atoms with Crippen molar-refractivity contribution in [1.29, 1.82) is 0 Å². The normalized spacial score (nSPS) is 31.4. The molecule has 2 heterocycles. The van der Waals surface area contributed by atoms with Crippen LogP contribution in [0.5, 0.6) is 0 Å². The van der Waals surface area contributed by atoms with Crippen LogP contribution < -0.4 is 5.73 Å². The van der Waals surface area contributed by atoms with Gasteiger partial charge in [0.25, 0.3) is 0 Å². The second-order valence-electron chi connectivity index (χ2n) is 4.96. The first-order valence-electron chi connectivity index (χ1n) is 6.01. The molecular formula is C11H16N2O2S2. The monoisotopic (exact) mass is 272 g/mol. The van der Waals surface area contributed by atoms with Crippen LogP contribution in [-0.2, 0) is 16.3 Å². The van der Waals surface area contributed by atoms with Gasteiger partial charge in [-0.15, -0.1) is 11.3 Å². The molecule has 2 unspecified atom stereocenters. The summed E-state index contributed by atoms with van der Waals surface area (Å²) in [6.45, 7) is 0. The maximum absolute atomic E-state index is 11.5. The molecule has 6 heteroatoms. The Labute approximate surface area is 105 Å². The summed E-state index contributed by atoms with van der Waals surface area (Å²) in [6, 6.07) is 0.114. The SMILES string of the molecule is NC1CCCc2nc(C3CCS(=O)(=O)C3)sc21. The zero-order valence-electron chi connectivity index (χ0n) is 9.55. The van der Waals surface area contributed by atoms with Crippen molar-refractivity contribution >= 4 is 21.2 Å². The largest absolute Gasteiger partial charge is 0.323 e. The van der Waals surface area contributed by atoms with E-state index >= 15 is 0 Å². The Morgan fingerprint density at radius 3 is 2.82 bits per heavy atom. The van der Waals surface area contributed by atoms with Gasteiger partial charge < -0.3 is 5.73 Å². The number of fused-ring (bicyclic) bond motifs is 1. The number of nitrogens with two attached hydrogens (primary N) is 1. The fraction of sp³-hybridized carbons (Fsp3) is 0.727. The lowest BCUT2D eigenvalue weighted by molar-refractivity contribution is 0.572. The lowest BCUT2D eigenvalue weighted by Crippen LogP contribution is -2.15. The van der Waals surface area contributed by atoms with E-state index in [0.29, 0.717) is 5.75 Å². The standard InChI is InChI=1S/C11H16N2O2S2/c12-8-2-1-3-9-10(8)16-11(13-9)7-4-5-17(14,15)6-7/h7-8H,1-6,12H2. The van der Waals surface area contributed by atoms with Crippen molar-refractivity contribution in [2.24, 2.45) is 5.73 Å². The number of aryl methyl sites for hydroxylation is 1. The molecule has 1 aliphatic heterocycles. The van der Waals surface area contributed by atoms with Crippen LogP contribution in [0.2, 0.25) is 0 Å². The van der Waals surface area contributed by atoms with Crippen LogP contribution in [0.1, 0.15) is 46.8 Å². The fourth-order valence-electron chi connectivity index (χ4n) is 2.64. The molecule has 94 valence electrons. The molecule has 1 fully saturated rings. The van der Waals surface area contributed by atoms with Crippen LogP contribution in [0.4, 0.5) is 0 Å². The fourth-order valence-corrected chi connectivity index (χ4v) is 5.77. The first-order valence-corrected chi connectivity index (χ1v) is 8.64. The van der Waals surface area contributed by atoms with Gasteiger partial charge in [-0.25, -0.2) is 13.4 Å². The Bertz CT molecular complexity index is 536. The van der Waals surface area contributed by atoms with Gasteiger partial charge in [-0.2, -0.15) is 0 Å². The average molecular weight is 272 g/mol. The highest BCUT2D eigenvalue weighted by Gasteiger charge is 2.33. The molecule has 0 aromatic carbocycles. The van der Waals surface area contributed by atoms with Crippen molar-refractivity contribution in [2.75, 3.05) is 11.5 Å². The summed E-state index contributed by atoms with van der Waals surface area (Å²) in [6.07, 6.45) is 3.85. The number of hydrogen-bond acceptors (Lipinski definition) is 5. The maximum Gasteiger partial charge on any atom is 0.151 e. The molecule has 1 aliphatic carbocycles. The Kier molecular flexibility index (Phi) is 2.76. The summed E-state index contributed by atoms with van der Waals surface area (Å²) in [7, 11) is -2.82. The maximum atomic E-state index is 11.5. The topological polar surface area (TPSA) is 73.0 Å². The number of aromatic nitrogens is 1. The lowest BCUT2D eigenvalue weighted by atomic mass is 9.99. The van der Waals surface area contributed by atoms with Crippen molar-refractivity contribution in [2.45, 2.75) is 37.6 Å². The summed E-state index contributed by atoms with van der Waals surface area (Å²) in [5, 5.41) is 0.994. The van der Waals surface area contributed by atoms with Crippen LogP contribution >= 0.6 is 11.3 Å². The van der Waals surface area contributed by atoms with Crippen molar-refractivity contribution < 1.29 is 8.42 Å². The molecule has 0 radical (unpaired) electrons. The first-order chi connectivity index (χ1) is 8.05. The van der Waals surface area contributed by atoms with Crippen molar-refractivity contribution in [3.05, 3.63) is 15.6 Å². The lowest BCUT2D eigenvalue weighted by Gasteiger charge is -2.15. The van der Waals surface area contributed by atoms with Crippen LogP contribution in [0.3, 0.4) is 0 Å². The van der Waals surface area contributed by atoms with E-state index in [-0.39, 0.29) is 17.7 Å². The summed E-state index contributed by atoms with van der Waals surface area (Å²) in [4.78, 5) is 5.81.